The van der Waals surface area contributed by atoms with E-state index in [0.717, 1.165) is 11.1 Å². The average molecular weight is 285 g/mol. The number of nitro benzene ring substituents is 1. The molecule has 1 amide bonds. The maximum absolute atomic E-state index is 12.3. The summed E-state index contributed by atoms with van der Waals surface area (Å²) in [5.41, 5.74) is 7.68. The van der Waals surface area contributed by atoms with Gasteiger partial charge in [-0.2, -0.15) is 0 Å². The van der Waals surface area contributed by atoms with Gasteiger partial charge in [0.2, 0.25) is 0 Å². The normalized spacial score (nSPS) is 10.2. The molecular formula is C15H15N3O3. The van der Waals surface area contributed by atoms with E-state index in [1.165, 1.54) is 18.2 Å². The zero-order valence-electron chi connectivity index (χ0n) is 11.7. The van der Waals surface area contributed by atoms with Gasteiger partial charge in [-0.1, -0.05) is 23.8 Å². The highest BCUT2D eigenvalue weighted by atomic mass is 16.6. The molecule has 0 aliphatic rings. The van der Waals surface area contributed by atoms with E-state index in [0.29, 0.717) is 5.69 Å². The third-order valence-corrected chi connectivity index (χ3v) is 3.12. The summed E-state index contributed by atoms with van der Waals surface area (Å²) in [7, 11) is 0. The molecule has 0 bridgehead atoms. The minimum atomic E-state index is -0.647. The number of rotatable bonds is 3. The Labute approximate surface area is 121 Å². The Balaban J connectivity index is 2.37. The fourth-order valence-corrected chi connectivity index (χ4v) is 2.09. The second-order valence-electron chi connectivity index (χ2n) is 4.77. The van der Waals surface area contributed by atoms with Gasteiger partial charge in [0.1, 0.15) is 11.3 Å². The van der Waals surface area contributed by atoms with E-state index in [1.807, 2.05) is 26.0 Å². The molecule has 0 saturated carbocycles. The van der Waals surface area contributed by atoms with Gasteiger partial charge in [0.15, 0.2) is 0 Å². The maximum Gasteiger partial charge on any atom is 0.304 e. The Morgan fingerprint density at radius 1 is 1.24 bits per heavy atom. The quantitative estimate of drug-likeness (QED) is 0.514. The molecule has 108 valence electrons. The van der Waals surface area contributed by atoms with Gasteiger partial charge in [-0.25, -0.2) is 0 Å². The fraction of sp³-hybridized carbons (Fsp3) is 0.133. The van der Waals surface area contributed by atoms with Crippen molar-refractivity contribution in [3.8, 4) is 0 Å². The van der Waals surface area contributed by atoms with Gasteiger partial charge >= 0.3 is 5.69 Å². The van der Waals surface area contributed by atoms with E-state index < -0.39 is 10.8 Å². The van der Waals surface area contributed by atoms with E-state index in [4.69, 9.17) is 5.73 Å². The van der Waals surface area contributed by atoms with Crippen LogP contribution in [0.4, 0.5) is 17.1 Å². The van der Waals surface area contributed by atoms with Gasteiger partial charge in [0, 0.05) is 5.69 Å². The van der Waals surface area contributed by atoms with Crippen LogP contribution in [-0.4, -0.2) is 10.8 Å². The first-order valence-corrected chi connectivity index (χ1v) is 6.31. The highest BCUT2D eigenvalue weighted by molar-refractivity contribution is 6.08. The van der Waals surface area contributed by atoms with E-state index in [9.17, 15) is 14.9 Å². The van der Waals surface area contributed by atoms with Crippen molar-refractivity contribution < 1.29 is 9.72 Å². The van der Waals surface area contributed by atoms with Gasteiger partial charge < -0.3 is 11.1 Å². The number of carbonyl (C=O) groups is 1. The number of aryl methyl sites for hydroxylation is 2. The van der Waals surface area contributed by atoms with Crippen molar-refractivity contribution >= 4 is 23.0 Å². The standard InChI is InChI=1S/C15H15N3O3/c1-9-6-7-13(10(2)8-9)17-15(19)11-4-3-5-12(16)14(11)18(20)21/h3-8H,16H2,1-2H3,(H,17,19). The maximum atomic E-state index is 12.3. The summed E-state index contributed by atoms with van der Waals surface area (Å²) in [5, 5.41) is 13.7. The van der Waals surface area contributed by atoms with Crippen LogP contribution in [0.15, 0.2) is 36.4 Å². The van der Waals surface area contributed by atoms with Crippen molar-refractivity contribution in [3.05, 3.63) is 63.2 Å². The molecule has 0 spiro atoms. The molecule has 21 heavy (non-hydrogen) atoms. The first-order chi connectivity index (χ1) is 9.90. The van der Waals surface area contributed by atoms with Crippen molar-refractivity contribution in [2.24, 2.45) is 0 Å². The van der Waals surface area contributed by atoms with E-state index >= 15 is 0 Å². The molecule has 3 N–H and O–H groups in total. The molecule has 0 aromatic heterocycles. The number of nitrogens with two attached hydrogens (primary N) is 1. The number of nitrogens with one attached hydrogen (secondary N) is 1. The van der Waals surface area contributed by atoms with Crippen LogP contribution in [-0.2, 0) is 0 Å². The molecule has 0 saturated heterocycles. The first kappa shape index (κ1) is 14.5. The van der Waals surface area contributed by atoms with E-state index in [-0.39, 0.29) is 16.9 Å². The molecule has 0 aliphatic carbocycles. The Bertz CT molecular complexity index is 726. The number of nitrogen functional groups attached to an aromatic ring is 1. The lowest BCUT2D eigenvalue weighted by Gasteiger charge is -2.10. The summed E-state index contributed by atoms with van der Waals surface area (Å²) in [6.07, 6.45) is 0. The van der Waals surface area contributed by atoms with Crippen LogP contribution in [0.25, 0.3) is 0 Å². The number of hydrogen-bond acceptors (Lipinski definition) is 4. The second-order valence-corrected chi connectivity index (χ2v) is 4.77. The van der Waals surface area contributed by atoms with Crippen LogP contribution in [0.2, 0.25) is 0 Å². The molecule has 0 radical (unpaired) electrons. The number of carbonyl (C=O) groups excluding carboxylic acids is 1. The van der Waals surface area contributed by atoms with Gasteiger partial charge in [-0.3, -0.25) is 14.9 Å². The summed E-state index contributed by atoms with van der Waals surface area (Å²) in [4.78, 5) is 22.7. The molecule has 0 fully saturated rings. The predicted octanol–water partition coefficient (Wildman–Crippen LogP) is 3.05. The van der Waals surface area contributed by atoms with Gasteiger partial charge in [-0.05, 0) is 37.6 Å². The number of hydrogen-bond donors (Lipinski definition) is 2. The lowest BCUT2D eigenvalue weighted by molar-refractivity contribution is -0.384. The molecule has 2 aromatic carbocycles. The topological polar surface area (TPSA) is 98.3 Å². The Hall–Kier alpha value is -2.89. The number of benzene rings is 2. The Kier molecular flexibility index (Phi) is 3.89. The molecule has 0 heterocycles. The van der Waals surface area contributed by atoms with Crippen molar-refractivity contribution in [2.45, 2.75) is 13.8 Å². The molecule has 2 aromatic rings. The van der Waals surface area contributed by atoms with Gasteiger partial charge in [-0.15, -0.1) is 0 Å². The molecule has 6 heteroatoms. The number of anilines is 2. The zero-order chi connectivity index (χ0) is 15.6. The number of amides is 1. The lowest BCUT2D eigenvalue weighted by Crippen LogP contribution is -2.15. The molecule has 2 rings (SSSR count). The van der Waals surface area contributed by atoms with Crippen molar-refractivity contribution in [1.29, 1.82) is 0 Å². The second kappa shape index (κ2) is 5.62. The lowest BCUT2D eigenvalue weighted by atomic mass is 10.1. The van der Waals surface area contributed by atoms with Crippen LogP contribution < -0.4 is 11.1 Å². The minimum Gasteiger partial charge on any atom is -0.393 e. The van der Waals surface area contributed by atoms with Crippen LogP contribution >= 0.6 is 0 Å². The molecular weight excluding hydrogens is 270 g/mol. The van der Waals surface area contributed by atoms with Crippen molar-refractivity contribution in [1.82, 2.24) is 0 Å². The van der Waals surface area contributed by atoms with Crippen molar-refractivity contribution in [2.75, 3.05) is 11.1 Å². The monoisotopic (exact) mass is 285 g/mol. The third-order valence-electron chi connectivity index (χ3n) is 3.12. The average Bonchev–Trinajstić information content (AvgIpc) is 2.41. The smallest absolute Gasteiger partial charge is 0.304 e. The Morgan fingerprint density at radius 2 is 1.95 bits per heavy atom. The van der Waals surface area contributed by atoms with Crippen LogP contribution in [0.1, 0.15) is 21.5 Å². The number of nitro groups is 1. The van der Waals surface area contributed by atoms with Gasteiger partial charge in [0.25, 0.3) is 5.91 Å². The van der Waals surface area contributed by atoms with Gasteiger partial charge in [0.05, 0.1) is 4.92 Å². The van der Waals surface area contributed by atoms with E-state index in [2.05, 4.69) is 5.32 Å². The molecule has 0 aliphatic heterocycles. The fourth-order valence-electron chi connectivity index (χ4n) is 2.09. The number of para-hydroxylation sites is 1. The molecule has 6 nitrogen and oxygen atoms in total. The SMILES string of the molecule is Cc1ccc(NC(=O)c2cccc(N)c2[N+](=O)[O-])c(C)c1. The van der Waals surface area contributed by atoms with Crippen LogP contribution in [0, 0.1) is 24.0 Å². The Morgan fingerprint density at radius 3 is 2.57 bits per heavy atom. The largest absolute Gasteiger partial charge is 0.393 e. The van der Waals surface area contributed by atoms with Crippen LogP contribution in [0.5, 0.6) is 0 Å². The third kappa shape index (κ3) is 3.00. The summed E-state index contributed by atoms with van der Waals surface area (Å²) < 4.78 is 0. The summed E-state index contributed by atoms with van der Waals surface area (Å²) in [6.45, 7) is 3.80. The predicted molar refractivity (Wildman–Crippen MR) is 81.4 cm³/mol. The summed E-state index contributed by atoms with van der Waals surface area (Å²) in [6, 6.07) is 9.83. The van der Waals surface area contributed by atoms with Crippen molar-refractivity contribution in [3.63, 3.8) is 0 Å². The van der Waals surface area contributed by atoms with Crippen LogP contribution in [0.3, 0.4) is 0 Å². The number of nitrogens with zero attached hydrogens (tertiary/aromatic N) is 1. The highest BCUT2D eigenvalue weighted by Crippen LogP contribution is 2.27. The molecule has 0 atom stereocenters. The first-order valence-electron chi connectivity index (χ1n) is 6.31. The minimum absolute atomic E-state index is 0.0340. The summed E-state index contributed by atoms with van der Waals surface area (Å²) in [5.74, 6) is -0.555. The summed E-state index contributed by atoms with van der Waals surface area (Å²) >= 11 is 0. The van der Waals surface area contributed by atoms with E-state index in [1.54, 1.807) is 6.07 Å². The zero-order valence-corrected chi connectivity index (χ0v) is 11.7. The highest BCUT2D eigenvalue weighted by Gasteiger charge is 2.23. The molecule has 0 unspecified atom stereocenters.